The summed E-state index contributed by atoms with van der Waals surface area (Å²) in [4.78, 5) is 24.6. The Morgan fingerprint density at radius 1 is 1.05 bits per heavy atom. The molecule has 21 heavy (non-hydrogen) atoms. The van der Waals surface area contributed by atoms with Crippen molar-refractivity contribution in [3.05, 3.63) is 22.7 Å². The van der Waals surface area contributed by atoms with Gasteiger partial charge in [-0.25, -0.2) is 0 Å². The Balaban J connectivity index is 2.85. The average molecular weight is 296 g/mol. The van der Waals surface area contributed by atoms with E-state index in [0.717, 1.165) is 19.3 Å². The van der Waals surface area contributed by atoms with Crippen molar-refractivity contribution in [3.8, 4) is 0 Å². The summed E-state index contributed by atoms with van der Waals surface area (Å²) < 4.78 is 10.0. The molecule has 0 fully saturated rings. The summed E-state index contributed by atoms with van der Waals surface area (Å²) in [5.41, 5.74) is 0.945. The first kappa shape index (κ1) is 17.4. The first-order valence-electron chi connectivity index (χ1n) is 7.20. The zero-order chi connectivity index (χ0) is 16.0. The summed E-state index contributed by atoms with van der Waals surface area (Å²) in [6.45, 7) is 3.91. The summed E-state index contributed by atoms with van der Waals surface area (Å²) in [5.74, 6) is -0.185. The van der Waals surface area contributed by atoms with E-state index in [4.69, 9.17) is 14.6 Å². The van der Waals surface area contributed by atoms with Crippen LogP contribution in [0.1, 0.15) is 39.5 Å². The van der Waals surface area contributed by atoms with Gasteiger partial charge in [0.05, 0.1) is 14.2 Å². The molecule has 1 unspecified atom stereocenters. The maximum atomic E-state index is 12.4. The minimum atomic E-state index is -0.285. The van der Waals surface area contributed by atoms with Crippen LogP contribution in [0, 0.1) is 5.92 Å². The predicted octanol–water partition coefficient (Wildman–Crippen LogP) is 2.15. The molecule has 1 N–H and O–H groups in total. The van der Waals surface area contributed by atoms with Crippen LogP contribution in [-0.2, 0) is 19.1 Å². The number of carbonyl (C=O) groups is 2. The quantitative estimate of drug-likeness (QED) is 0.695. The summed E-state index contributed by atoms with van der Waals surface area (Å²) in [6.07, 6.45) is 2.99. The minimum Gasteiger partial charge on any atom is -0.489 e. The van der Waals surface area contributed by atoms with E-state index in [1.54, 1.807) is 6.92 Å². The molecule has 1 rings (SSSR count). The van der Waals surface area contributed by atoms with Crippen molar-refractivity contribution in [1.82, 2.24) is 0 Å². The topological polar surface area (TPSA) is 72.8 Å². The number of ketones is 2. The van der Waals surface area contributed by atoms with Gasteiger partial charge in [0.25, 0.3) is 0 Å². The van der Waals surface area contributed by atoms with Crippen molar-refractivity contribution >= 4 is 11.6 Å². The summed E-state index contributed by atoms with van der Waals surface area (Å²) in [5, 5.41) is 8.83. The predicted molar refractivity (Wildman–Crippen MR) is 78.5 cm³/mol. The van der Waals surface area contributed by atoms with E-state index in [-0.39, 0.29) is 29.7 Å². The Labute approximate surface area is 125 Å². The molecule has 0 radical (unpaired) electrons. The van der Waals surface area contributed by atoms with Crippen molar-refractivity contribution in [2.45, 2.75) is 39.5 Å². The molecule has 1 atom stereocenters. The molecular weight excluding hydrogens is 272 g/mol. The van der Waals surface area contributed by atoms with Crippen molar-refractivity contribution in [3.63, 3.8) is 0 Å². The first-order chi connectivity index (χ1) is 9.97. The number of ether oxygens (including phenoxy) is 2. The SMILES string of the molecule is COC1=C(OC)C(=O)C(CCC(C)CCCO)=C(C)C1=O. The van der Waals surface area contributed by atoms with E-state index in [0.29, 0.717) is 23.5 Å². The van der Waals surface area contributed by atoms with E-state index in [9.17, 15) is 9.59 Å². The molecule has 0 aromatic rings. The Kier molecular flexibility index (Phi) is 6.62. The van der Waals surface area contributed by atoms with Gasteiger partial charge in [-0.3, -0.25) is 9.59 Å². The van der Waals surface area contributed by atoms with Crippen LogP contribution in [-0.4, -0.2) is 37.5 Å². The van der Waals surface area contributed by atoms with Gasteiger partial charge >= 0.3 is 0 Å². The van der Waals surface area contributed by atoms with Gasteiger partial charge in [0.2, 0.25) is 23.1 Å². The molecule has 1 aliphatic carbocycles. The molecular formula is C16H24O5. The molecule has 5 heteroatoms. The second-order valence-electron chi connectivity index (χ2n) is 5.34. The Bertz CT molecular complexity index is 473. The lowest BCUT2D eigenvalue weighted by Crippen LogP contribution is -2.25. The first-order valence-corrected chi connectivity index (χ1v) is 7.20. The number of aliphatic hydroxyl groups excluding tert-OH is 1. The maximum Gasteiger partial charge on any atom is 0.228 e. The van der Waals surface area contributed by atoms with Crippen LogP contribution in [0.2, 0.25) is 0 Å². The van der Waals surface area contributed by atoms with Gasteiger partial charge < -0.3 is 14.6 Å². The van der Waals surface area contributed by atoms with Crippen molar-refractivity contribution < 1.29 is 24.2 Å². The fourth-order valence-electron chi connectivity index (χ4n) is 2.47. The number of carbonyl (C=O) groups excluding carboxylic acids is 2. The highest BCUT2D eigenvalue weighted by Crippen LogP contribution is 2.29. The zero-order valence-corrected chi connectivity index (χ0v) is 13.2. The number of hydrogen-bond donors (Lipinski definition) is 1. The monoisotopic (exact) mass is 296 g/mol. The Morgan fingerprint density at radius 2 is 1.62 bits per heavy atom. The zero-order valence-electron chi connectivity index (χ0n) is 13.2. The smallest absolute Gasteiger partial charge is 0.228 e. The van der Waals surface area contributed by atoms with E-state index in [2.05, 4.69) is 6.92 Å². The highest BCUT2D eigenvalue weighted by molar-refractivity contribution is 6.23. The van der Waals surface area contributed by atoms with Crippen molar-refractivity contribution in [2.24, 2.45) is 5.92 Å². The fraction of sp³-hybridized carbons (Fsp3) is 0.625. The van der Waals surface area contributed by atoms with Crippen LogP contribution in [0.5, 0.6) is 0 Å². The van der Waals surface area contributed by atoms with Gasteiger partial charge in [0.1, 0.15) is 0 Å². The second-order valence-corrected chi connectivity index (χ2v) is 5.34. The lowest BCUT2D eigenvalue weighted by molar-refractivity contribution is -0.121. The summed E-state index contributed by atoms with van der Waals surface area (Å²) in [7, 11) is 2.72. The van der Waals surface area contributed by atoms with E-state index in [1.165, 1.54) is 14.2 Å². The lowest BCUT2D eigenvalue weighted by Gasteiger charge is -2.21. The number of Topliss-reactive ketones (excluding diaryl/α,β-unsaturated/α-hetero) is 2. The number of rotatable bonds is 8. The molecule has 0 spiro atoms. The molecule has 0 bridgehead atoms. The summed E-state index contributed by atoms with van der Waals surface area (Å²) in [6, 6.07) is 0. The summed E-state index contributed by atoms with van der Waals surface area (Å²) >= 11 is 0. The number of aliphatic hydroxyl groups is 1. The van der Waals surface area contributed by atoms with Crippen molar-refractivity contribution in [2.75, 3.05) is 20.8 Å². The van der Waals surface area contributed by atoms with Crippen LogP contribution in [0.3, 0.4) is 0 Å². The van der Waals surface area contributed by atoms with Gasteiger partial charge in [0.15, 0.2) is 0 Å². The molecule has 5 nitrogen and oxygen atoms in total. The van der Waals surface area contributed by atoms with Crippen LogP contribution in [0.4, 0.5) is 0 Å². The minimum absolute atomic E-state index is 0.00823. The van der Waals surface area contributed by atoms with Crippen LogP contribution in [0.15, 0.2) is 22.7 Å². The Morgan fingerprint density at radius 3 is 2.14 bits per heavy atom. The molecule has 0 saturated carbocycles. The molecule has 0 heterocycles. The largest absolute Gasteiger partial charge is 0.489 e. The Hall–Kier alpha value is -1.62. The normalized spacial score (nSPS) is 17.4. The highest BCUT2D eigenvalue weighted by Gasteiger charge is 2.34. The third kappa shape index (κ3) is 3.94. The van der Waals surface area contributed by atoms with E-state index < -0.39 is 0 Å². The van der Waals surface area contributed by atoms with Gasteiger partial charge in [-0.15, -0.1) is 0 Å². The van der Waals surface area contributed by atoms with E-state index >= 15 is 0 Å². The van der Waals surface area contributed by atoms with Crippen LogP contribution >= 0.6 is 0 Å². The third-order valence-corrected chi connectivity index (χ3v) is 3.84. The second kappa shape index (κ2) is 7.98. The standard InChI is InChI=1S/C16H24O5/c1-10(6-5-9-17)7-8-12-11(2)13(18)15(20-3)16(21-4)14(12)19/h10,17H,5-9H2,1-4H3. The van der Waals surface area contributed by atoms with Gasteiger partial charge in [-0.1, -0.05) is 6.92 Å². The molecule has 0 aromatic heterocycles. The molecule has 0 saturated heterocycles. The van der Waals surface area contributed by atoms with Crippen molar-refractivity contribution in [1.29, 1.82) is 0 Å². The molecule has 0 aromatic carbocycles. The van der Waals surface area contributed by atoms with Gasteiger partial charge in [-0.05, 0) is 38.5 Å². The number of allylic oxidation sites excluding steroid dienone is 2. The van der Waals surface area contributed by atoms with Gasteiger partial charge in [-0.2, -0.15) is 0 Å². The van der Waals surface area contributed by atoms with Crippen LogP contribution in [0.25, 0.3) is 0 Å². The fourth-order valence-corrected chi connectivity index (χ4v) is 2.47. The average Bonchev–Trinajstić information content (AvgIpc) is 2.48. The molecule has 0 aliphatic heterocycles. The molecule has 0 amide bonds. The third-order valence-electron chi connectivity index (χ3n) is 3.84. The highest BCUT2D eigenvalue weighted by atomic mass is 16.5. The van der Waals surface area contributed by atoms with Gasteiger partial charge in [0, 0.05) is 17.8 Å². The molecule has 1 aliphatic rings. The van der Waals surface area contributed by atoms with Crippen LogP contribution < -0.4 is 0 Å². The number of methoxy groups -OCH3 is 2. The van der Waals surface area contributed by atoms with E-state index in [1.807, 2.05) is 0 Å². The lowest BCUT2D eigenvalue weighted by atomic mass is 9.87. The number of hydrogen-bond acceptors (Lipinski definition) is 5. The molecule has 118 valence electrons. The maximum absolute atomic E-state index is 12.4.